The summed E-state index contributed by atoms with van der Waals surface area (Å²) in [6.45, 7) is 3.44. The van der Waals surface area contributed by atoms with Crippen molar-refractivity contribution >= 4 is 16.0 Å². The standard InChI is InChI=1S/C31H42N2O6S.C2H4O2/c32-40(37,38)29-19-24(18-27(21-29)25-11-4-3-5-12-25)10-6-9-17-39-16-8-2-1-7-15-33-22-31(36)26-13-14-30(35)28(20-26)23-34;1-2(3)4/h3-5,11-14,18-21,31,33-36H,1-2,6-10,15-17,22-23H2,(H2,32,37,38);1H3,(H,3,4)/t31-;/m0./s1. The number of benzene rings is 3. The lowest BCUT2D eigenvalue weighted by Crippen LogP contribution is -2.22. The van der Waals surface area contributed by atoms with Crippen LogP contribution in [0.1, 0.15) is 68.2 Å². The molecule has 0 fully saturated rings. The third-order valence-corrected chi connectivity index (χ3v) is 7.69. The second kappa shape index (κ2) is 19.9. The van der Waals surface area contributed by atoms with Crippen molar-refractivity contribution in [2.45, 2.75) is 69.5 Å². The highest BCUT2D eigenvalue weighted by atomic mass is 32.2. The Labute approximate surface area is 260 Å². The number of nitrogens with two attached hydrogens (primary N) is 1. The Morgan fingerprint density at radius 1 is 0.909 bits per heavy atom. The maximum Gasteiger partial charge on any atom is 0.300 e. The van der Waals surface area contributed by atoms with Crippen LogP contribution in [0.25, 0.3) is 11.1 Å². The average molecular weight is 631 g/mol. The number of aliphatic hydroxyl groups excluding tert-OH is 2. The Balaban J connectivity index is 0.00000159. The number of unbranched alkanes of at least 4 members (excludes halogenated alkanes) is 4. The van der Waals surface area contributed by atoms with Crippen LogP contribution >= 0.6 is 0 Å². The van der Waals surface area contributed by atoms with Gasteiger partial charge in [-0.25, -0.2) is 13.6 Å². The van der Waals surface area contributed by atoms with E-state index in [9.17, 15) is 23.7 Å². The maximum absolute atomic E-state index is 12.0. The number of carboxylic acid groups (broad SMARTS) is 1. The van der Waals surface area contributed by atoms with Crippen LogP contribution in [-0.4, -0.2) is 61.1 Å². The van der Waals surface area contributed by atoms with E-state index < -0.39 is 22.1 Å². The molecule has 0 aliphatic rings. The third kappa shape index (κ3) is 14.4. The lowest BCUT2D eigenvalue weighted by atomic mass is 10.0. The zero-order valence-corrected chi connectivity index (χ0v) is 26.1. The number of aliphatic hydroxyl groups is 2. The van der Waals surface area contributed by atoms with E-state index in [4.69, 9.17) is 19.8 Å². The molecule has 0 aliphatic carbocycles. The van der Waals surface area contributed by atoms with Crippen LogP contribution in [0, 0.1) is 0 Å². The molecule has 0 aliphatic heterocycles. The number of primary sulfonamides is 1. The van der Waals surface area contributed by atoms with E-state index in [0.717, 1.165) is 81.7 Å². The monoisotopic (exact) mass is 630 g/mol. The van der Waals surface area contributed by atoms with Gasteiger partial charge in [-0.2, -0.15) is 0 Å². The predicted octanol–water partition coefficient (Wildman–Crippen LogP) is 4.51. The van der Waals surface area contributed by atoms with E-state index >= 15 is 0 Å². The molecule has 7 N–H and O–H groups in total. The summed E-state index contributed by atoms with van der Waals surface area (Å²) in [6, 6.07) is 19.8. The molecule has 0 radical (unpaired) electrons. The third-order valence-electron chi connectivity index (χ3n) is 6.79. The number of carboxylic acids is 1. The highest BCUT2D eigenvalue weighted by Gasteiger charge is 2.12. The molecule has 3 rings (SSSR count). The molecule has 3 aromatic rings. The van der Waals surface area contributed by atoms with Gasteiger partial charge in [0.15, 0.2) is 0 Å². The minimum absolute atomic E-state index is 0.0288. The minimum Gasteiger partial charge on any atom is -0.508 e. The summed E-state index contributed by atoms with van der Waals surface area (Å²) in [5, 5.41) is 45.2. The fraction of sp³-hybridized carbons (Fsp3) is 0.424. The first-order valence-corrected chi connectivity index (χ1v) is 16.4. The van der Waals surface area contributed by atoms with Gasteiger partial charge in [-0.1, -0.05) is 55.3 Å². The second-order valence-corrected chi connectivity index (χ2v) is 12.1. The second-order valence-electron chi connectivity index (χ2n) is 10.5. The van der Waals surface area contributed by atoms with E-state index in [1.807, 2.05) is 36.4 Å². The Kier molecular flexibility index (Phi) is 16.6. The number of phenols is 1. The minimum atomic E-state index is -3.79. The molecule has 0 heterocycles. The van der Waals surface area contributed by atoms with Gasteiger partial charge in [0.25, 0.3) is 5.97 Å². The number of hydrogen-bond donors (Lipinski definition) is 6. The highest BCUT2D eigenvalue weighted by Crippen LogP contribution is 2.25. The smallest absolute Gasteiger partial charge is 0.300 e. The van der Waals surface area contributed by atoms with Crippen molar-refractivity contribution in [2.24, 2.45) is 5.14 Å². The van der Waals surface area contributed by atoms with Crippen LogP contribution in [0.4, 0.5) is 0 Å². The first kappa shape index (κ1) is 36.9. The molecule has 1 atom stereocenters. The number of aryl methyl sites for hydroxylation is 1. The normalized spacial score (nSPS) is 11.9. The van der Waals surface area contributed by atoms with Crippen LogP contribution in [0.15, 0.2) is 71.6 Å². The van der Waals surface area contributed by atoms with Crippen molar-refractivity contribution < 1.29 is 38.4 Å². The van der Waals surface area contributed by atoms with Gasteiger partial charge in [0, 0.05) is 32.2 Å². The number of ether oxygens (including phenoxy) is 1. The van der Waals surface area contributed by atoms with Gasteiger partial charge in [-0.3, -0.25) is 4.79 Å². The molecule has 0 aromatic heterocycles. The first-order valence-electron chi connectivity index (χ1n) is 14.8. The maximum atomic E-state index is 12.0. The van der Waals surface area contributed by atoms with Gasteiger partial charge < -0.3 is 30.5 Å². The number of sulfonamides is 1. The fourth-order valence-electron chi connectivity index (χ4n) is 4.51. The topological polar surface area (TPSA) is 179 Å². The summed E-state index contributed by atoms with van der Waals surface area (Å²) in [7, 11) is -3.79. The fourth-order valence-corrected chi connectivity index (χ4v) is 5.11. The largest absolute Gasteiger partial charge is 0.508 e. The van der Waals surface area contributed by atoms with Crippen LogP contribution in [0.3, 0.4) is 0 Å². The molecule has 0 saturated carbocycles. The average Bonchev–Trinajstić information content (AvgIpc) is 2.99. The molecule has 0 unspecified atom stereocenters. The Morgan fingerprint density at radius 3 is 2.23 bits per heavy atom. The van der Waals surface area contributed by atoms with Crippen LogP contribution < -0.4 is 10.5 Å². The van der Waals surface area contributed by atoms with Crippen molar-refractivity contribution in [1.29, 1.82) is 0 Å². The Hall–Kier alpha value is -3.32. The lowest BCUT2D eigenvalue weighted by Gasteiger charge is -2.14. The lowest BCUT2D eigenvalue weighted by molar-refractivity contribution is -0.134. The first-order chi connectivity index (χ1) is 21.0. The summed E-state index contributed by atoms with van der Waals surface area (Å²) in [5.41, 5.74) is 3.83. The van der Waals surface area contributed by atoms with Gasteiger partial charge in [-0.05, 0) is 85.2 Å². The van der Waals surface area contributed by atoms with E-state index in [1.165, 1.54) is 6.07 Å². The molecule has 0 amide bonds. The molecule has 0 spiro atoms. The van der Waals surface area contributed by atoms with Crippen molar-refractivity contribution in [3.8, 4) is 16.9 Å². The van der Waals surface area contributed by atoms with E-state index in [-0.39, 0.29) is 17.3 Å². The predicted molar refractivity (Wildman–Crippen MR) is 171 cm³/mol. The summed E-state index contributed by atoms with van der Waals surface area (Å²) >= 11 is 0. The van der Waals surface area contributed by atoms with Crippen molar-refractivity contribution in [3.05, 3.63) is 83.4 Å². The highest BCUT2D eigenvalue weighted by molar-refractivity contribution is 7.89. The summed E-state index contributed by atoms with van der Waals surface area (Å²) < 4.78 is 29.7. The van der Waals surface area contributed by atoms with Crippen LogP contribution in [0.5, 0.6) is 5.75 Å². The van der Waals surface area contributed by atoms with E-state index in [2.05, 4.69) is 5.32 Å². The van der Waals surface area contributed by atoms with Crippen LogP contribution in [0.2, 0.25) is 0 Å². The van der Waals surface area contributed by atoms with E-state index in [1.54, 1.807) is 24.3 Å². The van der Waals surface area contributed by atoms with Gasteiger partial charge in [0.1, 0.15) is 5.75 Å². The quantitative estimate of drug-likeness (QED) is 0.110. The number of aromatic hydroxyl groups is 1. The zero-order valence-electron chi connectivity index (χ0n) is 25.3. The van der Waals surface area contributed by atoms with Crippen LogP contribution in [-0.2, 0) is 32.6 Å². The van der Waals surface area contributed by atoms with E-state index in [0.29, 0.717) is 24.3 Å². The molecular weight excluding hydrogens is 584 g/mol. The summed E-state index contributed by atoms with van der Waals surface area (Å²) in [6.07, 6.45) is 6.00. The number of carbonyl (C=O) groups is 1. The number of aliphatic carboxylic acids is 1. The van der Waals surface area contributed by atoms with Crippen molar-refractivity contribution in [1.82, 2.24) is 5.32 Å². The number of hydrogen-bond acceptors (Lipinski definition) is 8. The molecular formula is C33H46N2O8S. The van der Waals surface area contributed by atoms with Crippen molar-refractivity contribution in [3.63, 3.8) is 0 Å². The Morgan fingerprint density at radius 2 is 1.57 bits per heavy atom. The molecule has 11 heteroatoms. The van der Waals surface area contributed by atoms with Gasteiger partial charge >= 0.3 is 0 Å². The summed E-state index contributed by atoms with van der Waals surface area (Å²) in [5.74, 6) is -0.804. The molecule has 44 heavy (non-hydrogen) atoms. The Bertz CT molecular complexity index is 1380. The van der Waals surface area contributed by atoms with Gasteiger partial charge in [0.2, 0.25) is 10.0 Å². The molecule has 10 nitrogen and oxygen atoms in total. The summed E-state index contributed by atoms with van der Waals surface area (Å²) in [4.78, 5) is 9.14. The molecule has 242 valence electrons. The molecule has 3 aromatic carbocycles. The SMILES string of the molecule is CC(=O)O.NS(=O)(=O)c1cc(CCCCOCCCCCCNC[C@H](O)c2ccc(O)c(CO)c2)cc(-c2ccccc2)c1. The molecule has 0 saturated heterocycles. The molecule has 0 bridgehead atoms. The van der Waals surface area contributed by atoms with Gasteiger partial charge in [-0.15, -0.1) is 0 Å². The number of nitrogens with one attached hydrogen (secondary N) is 1. The zero-order chi connectivity index (χ0) is 32.4. The van der Waals surface area contributed by atoms with Gasteiger partial charge in [0.05, 0.1) is 17.6 Å². The number of rotatable bonds is 18. The van der Waals surface area contributed by atoms with Crippen molar-refractivity contribution in [2.75, 3.05) is 26.3 Å².